The van der Waals surface area contributed by atoms with E-state index in [9.17, 15) is 4.79 Å². The Hall–Kier alpha value is -1.59. The van der Waals surface area contributed by atoms with E-state index in [1.807, 2.05) is 11.0 Å². The molecule has 118 valence electrons. The number of rotatable bonds is 1. The lowest BCUT2D eigenvalue weighted by molar-refractivity contribution is -0.134. The number of halogens is 1. The van der Waals surface area contributed by atoms with Crippen molar-refractivity contribution < 1.29 is 4.79 Å². The summed E-state index contributed by atoms with van der Waals surface area (Å²) in [5.74, 6) is -0.00103. The number of H-pyrrole nitrogens is 1. The zero-order valence-electron chi connectivity index (χ0n) is 13.1. The van der Waals surface area contributed by atoms with E-state index in [0.717, 1.165) is 22.0 Å². The lowest BCUT2D eigenvalue weighted by atomic mass is 9.95. The Bertz CT molecular complexity index is 732. The van der Waals surface area contributed by atoms with Gasteiger partial charge >= 0.3 is 0 Å². The molecule has 0 saturated carbocycles. The van der Waals surface area contributed by atoms with Crippen molar-refractivity contribution in [1.29, 1.82) is 0 Å². The zero-order chi connectivity index (χ0) is 16.1. The minimum Gasteiger partial charge on any atom is -0.336 e. The molecule has 0 aliphatic carbocycles. The number of amides is 1. The van der Waals surface area contributed by atoms with Gasteiger partial charge in [0, 0.05) is 18.5 Å². The summed E-state index contributed by atoms with van der Waals surface area (Å²) in [7, 11) is 0. The molecular weight excluding hydrogens is 300 g/mol. The fourth-order valence-electron chi connectivity index (χ4n) is 3.09. The normalized spacial score (nSPS) is 19.4. The Balaban J connectivity index is 2.11. The third-order valence-corrected chi connectivity index (χ3v) is 4.27. The second-order valence-corrected chi connectivity index (χ2v) is 7.63. The lowest BCUT2D eigenvalue weighted by Crippen LogP contribution is -2.45. The third kappa shape index (κ3) is 2.71. The summed E-state index contributed by atoms with van der Waals surface area (Å²) in [6.07, 6.45) is 2.28. The van der Waals surface area contributed by atoms with E-state index in [1.165, 1.54) is 0 Å². The van der Waals surface area contributed by atoms with Gasteiger partial charge in [-0.1, -0.05) is 32.4 Å². The van der Waals surface area contributed by atoms with E-state index in [1.54, 1.807) is 6.20 Å². The summed E-state index contributed by atoms with van der Waals surface area (Å²) in [6.45, 7) is 7.57. The molecule has 1 aromatic carbocycles. The van der Waals surface area contributed by atoms with Crippen LogP contribution in [-0.4, -0.2) is 33.6 Å². The van der Waals surface area contributed by atoms with Crippen molar-refractivity contribution in [2.24, 2.45) is 11.1 Å². The highest BCUT2D eigenvalue weighted by atomic mass is 35.5. The van der Waals surface area contributed by atoms with Crippen LogP contribution in [0.3, 0.4) is 0 Å². The van der Waals surface area contributed by atoms with Gasteiger partial charge in [0.2, 0.25) is 5.91 Å². The molecule has 1 unspecified atom stereocenters. The maximum atomic E-state index is 12.6. The van der Waals surface area contributed by atoms with E-state index >= 15 is 0 Å². The first-order valence-electron chi connectivity index (χ1n) is 7.44. The van der Waals surface area contributed by atoms with Crippen molar-refractivity contribution in [3.8, 4) is 0 Å². The first-order valence-corrected chi connectivity index (χ1v) is 7.82. The van der Waals surface area contributed by atoms with Gasteiger partial charge in [0.1, 0.15) is 0 Å². The monoisotopic (exact) mass is 320 g/mol. The topological polar surface area (TPSA) is 75.0 Å². The van der Waals surface area contributed by atoms with Gasteiger partial charge in [-0.25, -0.2) is 0 Å². The van der Waals surface area contributed by atoms with Gasteiger partial charge in [0.05, 0.1) is 22.8 Å². The Labute approximate surface area is 134 Å². The van der Waals surface area contributed by atoms with Crippen molar-refractivity contribution in [2.45, 2.75) is 39.8 Å². The molecule has 1 aliphatic rings. The molecule has 2 heterocycles. The molecule has 3 rings (SSSR count). The van der Waals surface area contributed by atoms with Crippen LogP contribution >= 0.6 is 11.6 Å². The largest absolute Gasteiger partial charge is 0.336 e. The van der Waals surface area contributed by atoms with Crippen molar-refractivity contribution in [3.63, 3.8) is 0 Å². The number of nitrogens with one attached hydrogen (secondary N) is 1. The molecule has 0 spiro atoms. The van der Waals surface area contributed by atoms with E-state index in [2.05, 4.69) is 31.0 Å². The molecule has 1 aromatic heterocycles. The molecule has 1 atom stereocenters. The maximum Gasteiger partial charge on any atom is 0.240 e. The van der Waals surface area contributed by atoms with E-state index in [-0.39, 0.29) is 11.3 Å². The van der Waals surface area contributed by atoms with Crippen LogP contribution in [-0.2, 0) is 17.8 Å². The maximum absolute atomic E-state index is 12.6. The fourth-order valence-corrected chi connectivity index (χ4v) is 3.36. The third-order valence-electron chi connectivity index (χ3n) is 3.97. The van der Waals surface area contributed by atoms with Crippen LogP contribution in [0.5, 0.6) is 0 Å². The molecule has 0 fully saturated rings. The molecule has 22 heavy (non-hydrogen) atoms. The lowest BCUT2D eigenvalue weighted by Gasteiger charge is -2.30. The van der Waals surface area contributed by atoms with Crippen LogP contribution in [0.2, 0.25) is 5.02 Å². The van der Waals surface area contributed by atoms with Crippen molar-refractivity contribution in [3.05, 3.63) is 28.4 Å². The van der Waals surface area contributed by atoms with Crippen molar-refractivity contribution >= 4 is 28.4 Å². The Kier molecular flexibility index (Phi) is 3.65. The van der Waals surface area contributed by atoms with Crippen LogP contribution in [0.1, 0.15) is 31.9 Å². The quantitative estimate of drug-likeness (QED) is 0.847. The molecule has 1 aliphatic heterocycles. The molecule has 0 radical (unpaired) electrons. The van der Waals surface area contributed by atoms with E-state index in [4.69, 9.17) is 17.3 Å². The number of aromatic nitrogens is 2. The van der Waals surface area contributed by atoms with Crippen LogP contribution in [0, 0.1) is 5.41 Å². The highest BCUT2D eigenvalue weighted by molar-refractivity contribution is 6.35. The van der Waals surface area contributed by atoms with Crippen molar-refractivity contribution in [2.75, 3.05) is 6.54 Å². The van der Waals surface area contributed by atoms with Gasteiger partial charge in [-0.3, -0.25) is 9.89 Å². The van der Waals surface area contributed by atoms with Crippen LogP contribution in [0.15, 0.2) is 12.3 Å². The molecule has 1 amide bonds. The number of benzene rings is 1. The number of aromatic amines is 1. The predicted molar refractivity (Wildman–Crippen MR) is 87.7 cm³/mol. The zero-order valence-corrected chi connectivity index (χ0v) is 13.9. The summed E-state index contributed by atoms with van der Waals surface area (Å²) >= 11 is 6.31. The molecule has 0 saturated heterocycles. The Morgan fingerprint density at radius 2 is 2.23 bits per heavy atom. The average Bonchev–Trinajstić information content (AvgIpc) is 2.85. The van der Waals surface area contributed by atoms with E-state index in [0.29, 0.717) is 24.5 Å². The minimum atomic E-state index is -0.524. The van der Waals surface area contributed by atoms with E-state index < -0.39 is 6.04 Å². The van der Waals surface area contributed by atoms with Gasteiger partial charge in [0.25, 0.3) is 0 Å². The summed E-state index contributed by atoms with van der Waals surface area (Å²) < 4.78 is 0. The minimum absolute atomic E-state index is 0.00103. The second kappa shape index (κ2) is 5.25. The van der Waals surface area contributed by atoms with Gasteiger partial charge in [0.15, 0.2) is 0 Å². The highest BCUT2D eigenvalue weighted by Crippen LogP contribution is 2.32. The number of carbonyl (C=O) groups excluding carboxylic acids is 1. The number of nitrogens with zero attached hydrogens (tertiary/aromatic N) is 2. The Morgan fingerprint density at radius 3 is 2.91 bits per heavy atom. The van der Waals surface area contributed by atoms with Crippen LogP contribution in [0.4, 0.5) is 0 Å². The van der Waals surface area contributed by atoms with Crippen LogP contribution in [0.25, 0.3) is 10.9 Å². The summed E-state index contributed by atoms with van der Waals surface area (Å²) in [5, 5.41) is 8.62. The predicted octanol–water partition coefficient (Wildman–Crippen LogP) is 2.47. The second-order valence-electron chi connectivity index (χ2n) is 7.22. The number of carbonyl (C=O) groups is 1. The summed E-state index contributed by atoms with van der Waals surface area (Å²) in [5.41, 5.74) is 9.08. The molecule has 6 heteroatoms. The summed E-state index contributed by atoms with van der Waals surface area (Å²) in [4.78, 5) is 14.5. The highest BCUT2D eigenvalue weighted by Gasteiger charge is 2.31. The molecule has 2 aromatic rings. The van der Waals surface area contributed by atoms with Crippen LogP contribution < -0.4 is 5.73 Å². The number of nitrogens with two attached hydrogens (primary N) is 1. The average molecular weight is 321 g/mol. The van der Waals surface area contributed by atoms with Gasteiger partial charge in [-0.05, 0) is 29.0 Å². The Morgan fingerprint density at radius 1 is 1.50 bits per heavy atom. The SMILES string of the molecule is CC(C)(C)CN1Cc2c(cc(Cl)c3[nH]ncc23)CC(N)C1=O. The number of hydrogen-bond acceptors (Lipinski definition) is 3. The molecule has 0 bridgehead atoms. The number of fused-ring (bicyclic) bond motifs is 3. The number of hydrogen-bond donors (Lipinski definition) is 2. The van der Waals surface area contributed by atoms with Crippen molar-refractivity contribution in [1.82, 2.24) is 15.1 Å². The van der Waals surface area contributed by atoms with Gasteiger partial charge < -0.3 is 10.6 Å². The first-order chi connectivity index (χ1) is 10.3. The fraction of sp³-hybridized carbons (Fsp3) is 0.500. The van der Waals surface area contributed by atoms with Gasteiger partial charge in [-0.15, -0.1) is 0 Å². The first kappa shape index (κ1) is 15.3. The smallest absolute Gasteiger partial charge is 0.240 e. The standard InChI is InChI=1S/C16H21ClN4O/c1-16(2,3)8-21-7-11-9(5-13(18)15(21)22)4-12(17)14-10(11)6-19-20-14/h4,6,13H,5,7-8,18H2,1-3H3,(H,19,20). The molecule has 5 nitrogen and oxygen atoms in total. The van der Waals surface area contributed by atoms with Gasteiger partial charge in [-0.2, -0.15) is 5.10 Å². The molecule has 3 N–H and O–H groups in total. The molecular formula is C16H21ClN4O. The summed E-state index contributed by atoms with van der Waals surface area (Å²) in [6, 6.07) is 1.38.